The minimum atomic E-state index is 0.205. The molecule has 2 rings (SSSR count). The van der Waals surface area contributed by atoms with E-state index in [2.05, 4.69) is 23.2 Å². The summed E-state index contributed by atoms with van der Waals surface area (Å²) in [5.74, 6) is 1.06. The van der Waals surface area contributed by atoms with Crippen LogP contribution in [0.1, 0.15) is 13.3 Å². The minimum absolute atomic E-state index is 0.205. The zero-order valence-electron chi connectivity index (χ0n) is 10.2. The molecule has 1 fully saturated rings. The minimum Gasteiger partial charge on any atom is -0.496 e. The Morgan fingerprint density at radius 1 is 1.56 bits per heavy atom. The van der Waals surface area contributed by atoms with Crippen molar-refractivity contribution >= 4 is 0 Å². The van der Waals surface area contributed by atoms with E-state index in [0.717, 1.165) is 45.0 Å². The molecule has 0 aromatic carbocycles. The number of likely N-dealkylation sites (N-methyl/N-ethyl adjacent to an activating group) is 2. The Morgan fingerprint density at radius 2 is 2.44 bits per heavy atom. The molecule has 4 nitrogen and oxygen atoms in total. The molecule has 0 aromatic rings. The van der Waals surface area contributed by atoms with Gasteiger partial charge in [0.05, 0.1) is 25.4 Å². The number of morpholine rings is 1. The van der Waals surface area contributed by atoms with Gasteiger partial charge in [-0.3, -0.25) is 4.90 Å². The molecular weight excluding hydrogens is 204 g/mol. The van der Waals surface area contributed by atoms with Gasteiger partial charge in [0.1, 0.15) is 5.76 Å². The van der Waals surface area contributed by atoms with Crippen LogP contribution in [0, 0.1) is 0 Å². The Hall–Kier alpha value is -0.580. The summed E-state index contributed by atoms with van der Waals surface area (Å²) in [5, 5.41) is 3.31. The maximum absolute atomic E-state index is 5.85. The van der Waals surface area contributed by atoms with Crippen molar-refractivity contribution in [2.75, 3.05) is 39.9 Å². The lowest BCUT2D eigenvalue weighted by molar-refractivity contribution is -0.0450. The van der Waals surface area contributed by atoms with E-state index in [-0.39, 0.29) is 12.1 Å². The van der Waals surface area contributed by atoms with Crippen LogP contribution in [0.2, 0.25) is 0 Å². The molecule has 4 heteroatoms. The fraction of sp³-hybridized carbons (Fsp3) is 0.833. The number of ether oxygens (including phenoxy) is 2. The first kappa shape index (κ1) is 11.9. The highest BCUT2D eigenvalue weighted by molar-refractivity contribution is 5.10. The van der Waals surface area contributed by atoms with Gasteiger partial charge < -0.3 is 14.8 Å². The van der Waals surface area contributed by atoms with Gasteiger partial charge in [-0.05, 0) is 19.7 Å². The average Bonchev–Trinajstić information content (AvgIpc) is 2.84. The van der Waals surface area contributed by atoms with Crippen LogP contribution in [0.4, 0.5) is 0 Å². The molecule has 2 aliphatic rings. The Morgan fingerprint density at radius 3 is 3.06 bits per heavy atom. The number of rotatable bonds is 4. The number of nitrogens with zero attached hydrogens (tertiary/aromatic N) is 1. The van der Waals surface area contributed by atoms with Gasteiger partial charge in [0.15, 0.2) is 0 Å². The van der Waals surface area contributed by atoms with E-state index < -0.39 is 0 Å². The molecule has 0 radical (unpaired) electrons. The fourth-order valence-electron chi connectivity index (χ4n) is 2.39. The van der Waals surface area contributed by atoms with E-state index in [4.69, 9.17) is 9.47 Å². The van der Waals surface area contributed by atoms with Crippen molar-refractivity contribution in [2.45, 2.75) is 25.5 Å². The van der Waals surface area contributed by atoms with Crippen LogP contribution < -0.4 is 5.32 Å². The van der Waals surface area contributed by atoms with Crippen molar-refractivity contribution in [3.8, 4) is 0 Å². The molecule has 0 amide bonds. The Bertz CT molecular complexity index is 255. The van der Waals surface area contributed by atoms with Crippen molar-refractivity contribution in [3.63, 3.8) is 0 Å². The van der Waals surface area contributed by atoms with Crippen LogP contribution in [0.25, 0.3) is 0 Å². The van der Waals surface area contributed by atoms with Gasteiger partial charge in [-0.25, -0.2) is 0 Å². The zero-order valence-corrected chi connectivity index (χ0v) is 10.2. The molecule has 2 heterocycles. The molecule has 2 unspecified atom stereocenters. The second kappa shape index (κ2) is 5.66. The molecule has 0 bridgehead atoms. The molecule has 0 aliphatic carbocycles. The van der Waals surface area contributed by atoms with E-state index in [1.165, 1.54) is 0 Å². The summed E-state index contributed by atoms with van der Waals surface area (Å²) in [7, 11) is 1.97. The topological polar surface area (TPSA) is 33.7 Å². The van der Waals surface area contributed by atoms with Crippen molar-refractivity contribution in [2.24, 2.45) is 0 Å². The fourth-order valence-corrected chi connectivity index (χ4v) is 2.39. The molecule has 0 spiro atoms. The van der Waals surface area contributed by atoms with E-state index >= 15 is 0 Å². The van der Waals surface area contributed by atoms with Crippen molar-refractivity contribution < 1.29 is 9.47 Å². The molecule has 2 aliphatic heterocycles. The van der Waals surface area contributed by atoms with Gasteiger partial charge in [0.2, 0.25) is 0 Å². The molecule has 1 saturated heterocycles. The monoisotopic (exact) mass is 226 g/mol. The highest BCUT2D eigenvalue weighted by Gasteiger charge is 2.31. The van der Waals surface area contributed by atoms with Gasteiger partial charge in [-0.2, -0.15) is 0 Å². The molecule has 1 N–H and O–H groups in total. The average molecular weight is 226 g/mol. The highest BCUT2D eigenvalue weighted by atomic mass is 16.5. The number of hydrogen-bond donors (Lipinski definition) is 1. The molecule has 16 heavy (non-hydrogen) atoms. The third-order valence-corrected chi connectivity index (χ3v) is 3.35. The molecule has 0 saturated carbocycles. The first-order valence-corrected chi connectivity index (χ1v) is 6.19. The van der Waals surface area contributed by atoms with E-state index in [1.807, 2.05) is 7.05 Å². The largest absolute Gasteiger partial charge is 0.496 e. The normalized spacial score (nSPS) is 28.6. The summed E-state index contributed by atoms with van der Waals surface area (Å²) < 4.78 is 11.5. The van der Waals surface area contributed by atoms with Crippen LogP contribution >= 0.6 is 0 Å². The van der Waals surface area contributed by atoms with Gasteiger partial charge in [-0.15, -0.1) is 0 Å². The number of nitrogens with one attached hydrogen (secondary N) is 1. The third-order valence-electron chi connectivity index (χ3n) is 3.35. The first-order chi connectivity index (χ1) is 7.85. The third kappa shape index (κ3) is 2.56. The van der Waals surface area contributed by atoms with E-state index in [0.29, 0.717) is 0 Å². The van der Waals surface area contributed by atoms with Crippen LogP contribution in [-0.4, -0.2) is 56.9 Å². The van der Waals surface area contributed by atoms with Crippen LogP contribution in [0.15, 0.2) is 11.8 Å². The summed E-state index contributed by atoms with van der Waals surface area (Å²) in [6, 6.07) is 0.205. The van der Waals surface area contributed by atoms with Crippen LogP contribution in [0.5, 0.6) is 0 Å². The Labute approximate surface area is 97.6 Å². The predicted octanol–water partition coefficient (Wildman–Crippen LogP) is 0.599. The standard InChI is InChI=1S/C12H22N2O2/c1-3-14-6-8-16-11(9-14)12(13-2)10-5-4-7-15-10/h5,11-13H,3-4,6-9H2,1-2H3. The Kier molecular flexibility index (Phi) is 4.21. The van der Waals surface area contributed by atoms with Crippen LogP contribution in [0.3, 0.4) is 0 Å². The quantitative estimate of drug-likeness (QED) is 0.761. The van der Waals surface area contributed by atoms with E-state index in [9.17, 15) is 0 Å². The number of hydrogen-bond acceptors (Lipinski definition) is 4. The lowest BCUT2D eigenvalue weighted by atomic mass is 10.1. The van der Waals surface area contributed by atoms with Gasteiger partial charge >= 0.3 is 0 Å². The maximum Gasteiger partial charge on any atom is 0.112 e. The van der Waals surface area contributed by atoms with Gasteiger partial charge in [0.25, 0.3) is 0 Å². The molecule has 92 valence electrons. The van der Waals surface area contributed by atoms with Crippen molar-refractivity contribution in [1.29, 1.82) is 0 Å². The van der Waals surface area contributed by atoms with Crippen LogP contribution in [-0.2, 0) is 9.47 Å². The second-order valence-electron chi connectivity index (χ2n) is 4.31. The summed E-state index contributed by atoms with van der Waals surface area (Å²) in [4.78, 5) is 2.42. The lowest BCUT2D eigenvalue weighted by Crippen LogP contribution is -2.52. The maximum atomic E-state index is 5.85. The van der Waals surface area contributed by atoms with Crippen molar-refractivity contribution in [3.05, 3.63) is 11.8 Å². The smallest absolute Gasteiger partial charge is 0.112 e. The summed E-state index contributed by atoms with van der Waals surface area (Å²) in [5.41, 5.74) is 0. The Balaban J connectivity index is 1.97. The van der Waals surface area contributed by atoms with Gasteiger partial charge in [0, 0.05) is 19.5 Å². The van der Waals surface area contributed by atoms with E-state index in [1.54, 1.807) is 0 Å². The predicted molar refractivity (Wildman–Crippen MR) is 63.4 cm³/mol. The molecule has 2 atom stereocenters. The second-order valence-corrected chi connectivity index (χ2v) is 4.31. The van der Waals surface area contributed by atoms with Crippen molar-refractivity contribution in [1.82, 2.24) is 10.2 Å². The zero-order chi connectivity index (χ0) is 11.4. The summed E-state index contributed by atoms with van der Waals surface area (Å²) in [6.07, 6.45) is 3.41. The lowest BCUT2D eigenvalue weighted by Gasteiger charge is -2.36. The van der Waals surface area contributed by atoms with Gasteiger partial charge in [-0.1, -0.05) is 6.92 Å². The first-order valence-electron chi connectivity index (χ1n) is 6.19. The molecular formula is C12H22N2O2. The highest BCUT2D eigenvalue weighted by Crippen LogP contribution is 2.19. The summed E-state index contributed by atoms with van der Waals surface area (Å²) in [6.45, 7) is 6.96. The summed E-state index contributed by atoms with van der Waals surface area (Å²) >= 11 is 0. The molecule has 0 aromatic heterocycles. The SMILES string of the molecule is CCN1CCOC(C(NC)C2=CCCO2)C1.